The Morgan fingerprint density at radius 2 is 2.16 bits per heavy atom. The van der Waals surface area contributed by atoms with Crippen LogP contribution in [0, 0.1) is 10.1 Å². The molecule has 0 aliphatic carbocycles. The minimum absolute atomic E-state index is 0.130. The summed E-state index contributed by atoms with van der Waals surface area (Å²) in [7, 11) is 3.77. The van der Waals surface area contributed by atoms with E-state index in [0.29, 0.717) is 23.2 Å². The lowest BCUT2D eigenvalue weighted by Gasteiger charge is -2.16. The molecule has 0 amide bonds. The van der Waals surface area contributed by atoms with Crippen LogP contribution in [-0.2, 0) is 0 Å². The molecule has 1 rings (SSSR count). The topological polar surface area (TPSA) is 75.8 Å². The summed E-state index contributed by atoms with van der Waals surface area (Å²) in [5.74, 6) is 0.130. The summed E-state index contributed by atoms with van der Waals surface area (Å²) in [5.41, 5.74) is 0.254. The normalized spacial score (nSPS) is 12.5. The number of hydrogen-bond donors (Lipinski definition) is 1. The number of ether oxygens (including phenoxy) is 1. The second-order valence-corrected chi connectivity index (χ2v) is 5.34. The standard InChI is InChI=1S/C12H17BrN2O4/c1-8(16)10-6-9(13)7-11(15(17)18)12(10)19-5-4-14(2)3/h6-8,16H,4-5H2,1-3H3/t8-/m1/s1. The molecular weight excluding hydrogens is 316 g/mol. The average Bonchev–Trinajstić information content (AvgIpc) is 2.29. The van der Waals surface area contributed by atoms with Crippen molar-refractivity contribution in [3.63, 3.8) is 0 Å². The van der Waals surface area contributed by atoms with Crippen molar-refractivity contribution in [3.05, 3.63) is 32.3 Å². The Hall–Kier alpha value is -1.18. The summed E-state index contributed by atoms with van der Waals surface area (Å²) in [6, 6.07) is 3.00. The molecule has 1 aromatic carbocycles. The van der Waals surface area contributed by atoms with Gasteiger partial charge in [-0.15, -0.1) is 0 Å². The van der Waals surface area contributed by atoms with Gasteiger partial charge in [-0.05, 0) is 27.1 Å². The number of likely N-dealkylation sites (N-methyl/N-ethyl adjacent to an activating group) is 1. The Labute approximate surface area is 120 Å². The zero-order chi connectivity index (χ0) is 14.6. The molecule has 0 heterocycles. The van der Waals surface area contributed by atoms with E-state index in [1.165, 1.54) is 6.07 Å². The molecular formula is C12H17BrN2O4. The smallest absolute Gasteiger partial charge is 0.312 e. The van der Waals surface area contributed by atoms with Crippen molar-refractivity contribution < 1.29 is 14.8 Å². The van der Waals surface area contributed by atoms with E-state index in [9.17, 15) is 15.2 Å². The zero-order valence-corrected chi connectivity index (χ0v) is 12.7. The van der Waals surface area contributed by atoms with Gasteiger partial charge in [0.05, 0.1) is 11.0 Å². The van der Waals surface area contributed by atoms with Gasteiger partial charge in [-0.1, -0.05) is 15.9 Å². The fourth-order valence-corrected chi connectivity index (χ4v) is 2.00. The average molecular weight is 333 g/mol. The Bertz CT molecular complexity index is 463. The van der Waals surface area contributed by atoms with E-state index in [1.54, 1.807) is 13.0 Å². The minimum atomic E-state index is -0.842. The Balaban J connectivity index is 3.12. The number of nitrogens with zero attached hydrogens (tertiary/aromatic N) is 2. The van der Waals surface area contributed by atoms with Crippen molar-refractivity contribution in [1.82, 2.24) is 4.90 Å². The van der Waals surface area contributed by atoms with Gasteiger partial charge in [-0.2, -0.15) is 0 Å². The molecule has 0 aliphatic rings. The number of halogens is 1. The molecule has 0 unspecified atom stereocenters. The quantitative estimate of drug-likeness (QED) is 0.639. The molecule has 1 aromatic rings. The largest absolute Gasteiger partial charge is 0.485 e. The van der Waals surface area contributed by atoms with Crippen LogP contribution in [0.2, 0.25) is 0 Å². The molecule has 6 nitrogen and oxygen atoms in total. The summed E-state index contributed by atoms with van der Waals surface area (Å²) in [6.45, 7) is 2.49. The van der Waals surface area contributed by atoms with E-state index in [-0.39, 0.29) is 11.4 Å². The van der Waals surface area contributed by atoms with Crippen molar-refractivity contribution >= 4 is 21.6 Å². The number of benzene rings is 1. The van der Waals surface area contributed by atoms with E-state index < -0.39 is 11.0 Å². The van der Waals surface area contributed by atoms with Crippen molar-refractivity contribution in [1.29, 1.82) is 0 Å². The van der Waals surface area contributed by atoms with Crippen molar-refractivity contribution in [2.75, 3.05) is 27.2 Å². The maximum absolute atomic E-state index is 11.1. The van der Waals surface area contributed by atoms with E-state index in [1.807, 2.05) is 19.0 Å². The highest BCUT2D eigenvalue weighted by molar-refractivity contribution is 9.10. The van der Waals surface area contributed by atoms with E-state index in [0.717, 1.165) is 0 Å². The molecule has 0 spiro atoms. The molecule has 0 aromatic heterocycles. The fourth-order valence-electron chi connectivity index (χ4n) is 1.53. The Kier molecular flexibility index (Phi) is 5.71. The molecule has 106 valence electrons. The number of nitro benzene ring substituents is 1. The summed E-state index contributed by atoms with van der Waals surface area (Å²) in [4.78, 5) is 12.5. The van der Waals surface area contributed by atoms with Crippen molar-refractivity contribution in [3.8, 4) is 5.75 Å². The lowest BCUT2D eigenvalue weighted by molar-refractivity contribution is -0.386. The van der Waals surface area contributed by atoms with E-state index in [2.05, 4.69) is 15.9 Å². The molecule has 7 heteroatoms. The van der Waals surface area contributed by atoms with Crippen molar-refractivity contribution in [2.45, 2.75) is 13.0 Å². The van der Waals surface area contributed by atoms with Crippen LogP contribution in [0.3, 0.4) is 0 Å². The molecule has 0 radical (unpaired) electrons. The van der Waals surface area contributed by atoms with Crippen LogP contribution >= 0.6 is 15.9 Å². The van der Waals surface area contributed by atoms with Gasteiger partial charge >= 0.3 is 5.69 Å². The third kappa shape index (κ3) is 4.45. The van der Waals surface area contributed by atoms with Gasteiger partial charge in [-0.3, -0.25) is 10.1 Å². The van der Waals surface area contributed by atoms with Crippen LogP contribution in [-0.4, -0.2) is 42.2 Å². The summed E-state index contributed by atoms with van der Waals surface area (Å²) in [5, 5.41) is 20.8. The molecule has 0 bridgehead atoms. The molecule has 0 saturated carbocycles. The lowest BCUT2D eigenvalue weighted by atomic mass is 10.1. The first-order chi connectivity index (χ1) is 8.82. The number of rotatable bonds is 6. The summed E-state index contributed by atoms with van der Waals surface area (Å²) >= 11 is 3.20. The predicted octanol–water partition coefficient (Wildman–Crippen LogP) is 2.35. The highest BCUT2D eigenvalue weighted by atomic mass is 79.9. The zero-order valence-electron chi connectivity index (χ0n) is 11.1. The van der Waals surface area contributed by atoms with Crippen LogP contribution in [0.5, 0.6) is 5.75 Å². The second kappa shape index (κ2) is 6.83. The highest BCUT2D eigenvalue weighted by Crippen LogP contribution is 2.37. The van der Waals surface area contributed by atoms with Crippen LogP contribution in [0.15, 0.2) is 16.6 Å². The number of aliphatic hydroxyl groups is 1. The highest BCUT2D eigenvalue weighted by Gasteiger charge is 2.23. The SMILES string of the molecule is C[C@@H](O)c1cc(Br)cc([N+](=O)[O-])c1OCCN(C)C. The first kappa shape index (κ1) is 15.9. The van der Waals surface area contributed by atoms with Crippen LogP contribution in [0.25, 0.3) is 0 Å². The monoisotopic (exact) mass is 332 g/mol. The molecule has 19 heavy (non-hydrogen) atoms. The molecule has 0 saturated heterocycles. The van der Waals surface area contributed by atoms with Crippen LogP contribution < -0.4 is 4.74 Å². The van der Waals surface area contributed by atoms with E-state index in [4.69, 9.17) is 4.74 Å². The van der Waals surface area contributed by atoms with Crippen molar-refractivity contribution in [2.24, 2.45) is 0 Å². The fraction of sp³-hybridized carbons (Fsp3) is 0.500. The molecule has 1 atom stereocenters. The van der Waals surface area contributed by atoms with Gasteiger partial charge in [0.2, 0.25) is 5.75 Å². The second-order valence-electron chi connectivity index (χ2n) is 4.43. The molecule has 0 aliphatic heterocycles. The maximum atomic E-state index is 11.1. The van der Waals surface area contributed by atoms with E-state index >= 15 is 0 Å². The third-order valence-corrected chi connectivity index (χ3v) is 2.95. The van der Waals surface area contributed by atoms with Gasteiger partial charge in [0.1, 0.15) is 6.61 Å². The summed E-state index contributed by atoms with van der Waals surface area (Å²) < 4.78 is 6.03. The Morgan fingerprint density at radius 3 is 2.63 bits per heavy atom. The molecule has 0 fully saturated rings. The minimum Gasteiger partial charge on any atom is -0.485 e. The van der Waals surface area contributed by atoms with Gasteiger partial charge in [0.25, 0.3) is 0 Å². The number of nitro groups is 1. The van der Waals surface area contributed by atoms with Gasteiger partial charge < -0.3 is 14.7 Å². The lowest BCUT2D eigenvalue weighted by Crippen LogP contribution is -2.20. The molecule has 1 N–H and O–H groups in total. The van der Waals surface area contributed by atoms with Gasteiger partial charge in [0, 0.05) is 22.6 Å². The first-order valence-electron chi connectivity index (χ1n) is 5.76. The van der Waals surface area contributed by atoms with Crippen LogP contribution in [0.1, 0.15) is 18.6 Å². The van der Waals surface area contributed by atoms with Gasteiger partial charge in [-0.25, -0.2) is 0 Å². The van der Waals surface area contributed by atoms with Gasteiger partial charge in [0.15, 0.2) is 0 Å². The third-order valence-electron chi connectivity index (χ3n) is 2.49. The predicted molar refractivity (Wildman–Crippen MR) is 75.5 cm³/mol. The number of hydrogen-bond acceptors (Lipinski definition) is 5. The number of aliphatic hydroxyl groups excluding tert-OH is 1. The maximum Gasteiger partial charge on any atom is 0.312 e. The Morgan fingerprint density at radius 1 is 1.53 bits per heavy atom. The summed E-state index contributed by atoms with van der Waals surface area (Å²) in [6.07, 6.45) is -0.842. The first-order valence-corrected chi connectivity index (χ1v) is 6.55. The van der Waals surface area contributed by atoms with Crippen LogP contribution in [0.4, 0.5) is 5.69 Å².